The van der Waals surface area contributed by atoms with Crippen LogP contribution in [0, 0.1) is 29.6 Å². The number of hydrogen-bond acceptors (Lipinski definition) is 2. The summed E-state index contributed by atoms with van der Waals surface area (Å²) in [6, 6.07) is 0. The summed E-state index contributed by atoms with van der Waals surface area (Å²) >= 11 is 0. The van der Waals surface area contributed by atoms with E-state index >= 15 is 0 Å². The minimum absolute atomic E-state index is 0.0497. The van der Waals surface area contributed by atoms with Gasteiger partial charge in [0, 0.05) is 0 Å². The number of rotatable bonds is 3. The molecule has 4 bridgehead atoms. The first-order valence-electron chi connectivity index (χ1n) is 6.55. The molecule has 2 heteroatoms. The molecule has 0 aliphatic heterocycles. The zero-order valence-corrected chi connectivity index (χ0v) is 9.73. The van der Waals surface area contributed by atoms with Gasteiger partial charge < -0.3 is 4.74 Å². The first-order chi connectivity index (χ1) is 7.78. The predicted molar refractivity (Wildman–Crippen MR) is 61.7 cm³/mol. The van der Waals surface area contributed by atoms with Crippen molar-refractivity contribution in [3.63, 3.8) is 0 Å². The van der Waals surface area contributed by atoms with Crippen LogP contribution in [0.1, 0.15) is 32.1 Å². The van der Waals surface area contributed by atoms with Gasteiger partial charge in [0.1, 0.15) is 6.61 Å². The third-order valence-corrected chi connectivity index (χ3v) is 4.84. The van der Waals surface area contributed by atoms with Crippen molar-refractivity contribution in [2.24, 2.45) is 29.6 Å². The zero-order valence-electron chi connectivity index (χ0n) is 9.73. The summed E-state index contributed by atoms with van der Waals surface area (Å²) in [4.78, 5) is 12.0. The van der Waals surface area contributed by atoms with Crippen LogP contribution in [0.5, 0.6) is 0 Å². The molecule has 4 aliphatic rings. The van der Waals surface area contributed by atoms with Crippen molar-refractivity contribution in [2.45, 2.75) is 32.1 Å². The van der Waals surface area contributed by atoms with Crippen LogP contribution in [-0.4, -0.2) is 12.6 Å². The maximum atomic E-state index is 12.0. The van der Waals surface area contributed by atoms with Crippen LogP contribution < -0.4 is 0 Å². The van der Waals surface area contributed by atoms with Crippen molar-refractivity contribution in [3.8, 4) is 0 Å². The summed E-state index contributed by atoms with van der Waals surface area (Å²) < 4.78 is 5.26. The first-order valence-corrected chi connectivity index (χ1v) is 6.55. The van der Waals surface area contributed by atoms with E-state index in [0.717, 1.165) is 11.8 Å². The molecule has 0 unspecified atom stereocenters. The molecule has 4 rings (SSSR count). The molecule has 0 saturated heterocycles. The Morgan fingerprint density at radius 1 is 1.12 bits per heavy atom. The lowest BCUT2D eigenvalue weighted by Gasteiger charge is -2.53. The molecule has 4 saturated carbocycles. The van der Waals surface area contributed by atoms with E-state index in [9.17, 15) is 4.79 Å². The number of esters is 1. The van der Waals surface area contributed by atoms with Crippen molar-refractivity contribution in [3.05, 3.63) is 12.7 Å². The highest BCUT2D eigenvalue weighted by atomic mass is 16.5. The van der Waals surface area contributed by atoms with Crippen LogP contribution in [-0.2, 0) is 9.53 Å². The Morgan fingerprint density at radius 3 is 2.19 bits per heavy atom. The molecule has 4 fully saturated rings. The largest absolute Gasteiger partial charge is 0.461 e. The van der Waals surface area contributed by atoms with Crippen LogP contribution in [0.25, 0.3) is 0 Å². The third-order valence-electron chi connectivity index (χ3n) is 4.84. The smallest absolute Gasteiger partial charge is 0.309 e. The molecule has 88 valence electrons. The fraction of sp³-hybridized carbons (Fsp3) is 0.786. The normalized spacial score (nSPS) is 44.4. The van der Waals surface area contributed by atoms with Crippen molar-refractivity contribution in [1.29, 1.82) is 0 Å². The molecule has 0 heterocycles. The quantitative estimate of drug-likeness (QED) is 0.540. The van der Waals surface area contributed by atoms with E-state index in [-0.39, 0.29) is 11.9 Å². The molecule has 0 aromatic rings. The molecule has 0 amide bonds. The fourth-order valence-corrected chi connectivity index (χ4v) is 4.55. The molecule has 0 spiro atoms. The number of ether oxygens (including phenoxy) is 1. The average molecular weight is 220 g/mol. The number of carbonyl (C=O) groups is 1. The Bertz CT molecular complexity index is 280. The van der Waals surface area contributed by atoms with Crippen LogP contribution in [0.2, 0.25) is 0 Å². The molecule has 4 aliphatic carbocycles. The molecular weight excluding hydrogens is 200 g/mol. The van der Waals surface area contributed by atoms with Gasteiger partial charge in [-0.25, -0.2) is 0 Å². The average Bonchev–Trinajstić information content (AvgIpc) is 2.24. The summed E-state index contributed by atoms with van der Waals surface area (Å²) in [5.41, 5.74) is 0. The first kappa shape index (κ1) is 10.4. The summed E-state index contributed by atoms with van der Waals surface area (Å²) in [5.74, 6) is 3.38. The van der Waals surface area contributed by atoms with E-state index in [2.05, 4.69) is 6.58 Å². The highest BCUT2D eigenvalue weighted by Gasteiger charge is 2.51. The van der Waals surface area contributed by atoms with Gasteiger partial charge in [0.15, 0.2) is 0 Å². The molecule has 16 heavy (non-hydrogen) atoms. The Kier molecular flexibility index (Phi) is 2.53. The topological polar surface area (TPSA) is 26.3 Å². The molecule has 0 atom stereocenters. The second-order valence-electron chi connectivity index (χ2n) is 5.88. The maximum Gasteiger partial charge on any atom is 0.309 e. The summed E-state index contributed by atoms with van der Waals surface area (Å²) in [6.45, 7) is 3.97. The van der Waals surface area contributed by atoms with Crippen LogP contribution in [0.4, 0.5) is 0 Å². The SMILES string of the molecule is C=CCOC(=O)C1C2CC3CC(C2)CC1C3. The predicted octanol–water partition coefficient (Wildman–Crippen LogP) is 2.79. The van der Waals surface area contributed by atoms with Gasteiger partial charge in [-0.2, -0.15) is 0 Å². The van der Waals surface area contributed by atoms with Crippen molar-refractivity contribution < 1.29 is 9.53 Å². The molecule has 0 aromatic heterocycles. The second kappa shape index (κ2) is 3.90. The Balaban J connectivity index is 1.71. The Hall–Kier alpha value is -0.790. The van der Waals surface area contributed by atoms with Crippen LogP contribution in [0.15, 0.2) is 12.7 Å². The van der Waals surface area contributed by atoms with Crippen molar-refractivity contribution in [1.82, 2.24) is 0 Å². The van der Waals surface area contributed by atoms with E-state index in [1.165, 1.54) is 32.1 Å². The summed E-state index contributed by atoms with van der Waals surface area (Å²) in [6.07, 6.45) is 8.21. The van der Waals surface area contributed by atoms with Gasteiger partial charge >= 0.3 is 5.97 Å². The van der Waals surface area contributed by atoms with E-state index in [0.29, 0.717) is 18.4 Å². The monoisotopic (exact) mass is 220 g/mol. The lowest BCUT2D eigenvalue weighted by Crippen LogP contribution is -2.48. The van der Waals surface area contributed by atoms with Gasteiger partial charge in [-0.05, 0) is 55.8 Å². The highest BCUT2D eigenvalue weighted by molar-refractivity contribution is 5.73. The van der Waals surface area contributed by atoms with Gasteiger partial charge in [-0.1, -0.05) is 12.7 Å². The lowest BCUT2D eigenvalue weighted by molar-refractivity contribution is -0.161. The van der Waals surface area contributed by atoms with Crippen LogP contribution in [0.3, 0.4) is 0 Å². The minimum atomic E-state index is 0.0497. The van der Waals surface area contributed by atoms with Crippen LogP contribution >= 0.6 is 0 Å². The maximum absolute atomic E-state index is 12.0. The molecule has 0 radical (unpaired) electrons. The van der Waals surface area contributed by atoms with Gasteiger partial charge in [0.25, 0.3) is 0 Å². The second-order valence-corrected chi connectivity index (χ2v) is 5.88. The van der Waals surface area contributed by atoms with Gasteiger partial charge in [0.2, 0.25) is 0 Å². The highest BCUT2D eigenvalue weighted by Crippen LogP contribution is 2.56. The van der Waals surface area contributed by atoms with Gasteiger partial charge in [-0.3, -0.25) is 4.79 Å². The summed E-state index contributed by atoms with van der Waals surface area (Å²) in [5, 5.41) is 0. The molecular formula is C14H20O2. The van der Waals surface area contributed by atoms with E-state index < -0.39 is 0 Å². The Labute approximate surface area is 97.1 Å². The van der Waals surface area contributed by atoms with Crippen molar-refractivity contribution >= 4 is 5.97 Å². The number of hydrogen-bond donors (Lipinski definition) is 0. The zero-order chi connectivity index (χ0) is 11.1. The standard InChI is InChI=1S/C14H20O2/c1-2-3-16-14(15)13-11-5-9-4-10(7-11)8-12(13)6-9/h2,9-13H,1,3-8H2. The third kappa shape index (κ3) is 1.59. The van der Waals surface area contributed by atoms with E-state index in [1.54, 1.807) is 6.08 Å². The van der Waals surface area contributed by atoms with Gasteiger partial charge in [0.05, 0.1) is 5.92 Å². The number of carbonyl (C=O) groups excluding carboxylic acids is 1. The van der Waals surface area contributed by atoms with Gasteiger partial charge in [-0.15, -0.1) is 0 Å². The van der Waals surface area contributed by atoms with Crippen molar-refractivity contribution in [2.75, 3.05) is 6.61 Å². The molecule has 0 N–H and O–H groups in total. The lowest BCUT2D eigenvalue weighted by atomic mass is 9.52. The summed E-state index contributed by atoms with van der Waals surface area (Å²) in [7, 11) is 0. The van der Waals surface area contributed by atoms with E-state index in [1.807, 2.05) is 0 Å². The molecule has 0 aromatic carbocycles. The molecule has 2 nitrogen and oxygen atoms in total. The minimum Gasteiger partial charge on any atom is -0.461 e. The fourth-order valence-electron chi connectivity index (χ4n) is 4.55. The Morgan fingerprint density at radius 2 is 1.69 bits per heavy atom. The van der Waals surface area contributed by atoms with E-state index in [4.69, 9.17) is 4.74 Å².